The summed E-state index contributed by atoms with van der Waals surface area (Å²) in [5, 5.41) is 0. The molecule has 1 rings (SSSR count). The average molecular weight is 290 g/mol. The molecule has 0 fully saturated rings. The number of hydrogen-bond donors (Lipinski definition) is 0. The average Bonchev–Trinajstić information content (AvgIpc) is 2.50. The van der Waals surface area contributed by atoms with E-state index in [-0.39, 0.29) is 5.78 Å². The molecule has 1 heteroatoms. The Hall–Kier alpha value is -1.37. The molecule has 0 aliphatic rings. The van der Waals surface area contributed by atoms with E-state index in [9.17, 15) is 4.79 Å². The number of aryl methyl sites for hydroxylation is 3. The summed E-state index contributed by atoms with van der Waals surface area (Å²) in [5.41, 5.74) is 5.03. The van der Waals surface area contributed by atoms with Gasteiger partial charge in [0.25, 0.3) is 0 Å². The molecule has 0 saturated carbocycles. The third kappa shape index (κ3) is 11.0. The molecule has 0 heterocycles. The van der Waals surface area contributed by atoms with Gasteiger partial charge in [-0.1, -0.05) is 64.0 Å². The standard InChI is InChI=1S/C9H16O.C9H12.C2H6/c1-4-6-7-8(3)9(10)5-2;1-7-4-5-8(2)9(3)6-7;1-2/h7H,4-6H2,1-3H3;4-6H,1-3H3;1-2H3/b8-7+;;. The van der Waals surface area contributed by atoms with Crippen molar-refractivity contribution in [2.24, 2.45) is 0 Å². The molecular formula is C20H34O. The van der Waals surface area contributed by atoms with Crippen LogP contribution in [-0.2, 0) is 4.79 Å². The first-order valence-corrected chi connectivity index (χ1v) is 8.16. The SMILES string of the molecule is CC.CCC/C=C(\C)C(=O)CC.Cc1ccc(C)c(C)c1. The summed E-state index contributed by atoms with van der Waals surface area (Å²) in [6.45, 7) is 16.3. The van der Waals surface area contributed by atoms with E-state index in [2.05, 4.69) is 45.9 Å². The Morgan fingerprint density at radius 3 is 2.00 bits per heavy atom. The predicted octanol–water partition coefficient (Wildman–Crippen LogP) is 6.35. The highest BCUT2D eigenvalue weighted by Crippen LogP contribution is 2.07. The number of ketones is 1. The zero-order valence-corrected chi connectivity index (χ0v) is 15.3. The fraction of sp³-hybridized carbons (Fsp3) is 0.550. The summed E-state index contributed by atoms with van der Waals surface area (Å²) < 4.78 is 0. The van der Waals surface area contributed by atoms with E-state index in [4.69, 9.17) is 0 Å². The Balaban J connectivity index is 0. The van der Waals surface area contributed by atoms with E-state index in [1.165, 1.54) is 16.7 Å². The van der Waals surface area contributed by atoms with Gasteiger partial charge in [-0.05, 0) is 50.8 Å². The number of allylic oxidation sites excluding steroid dienone is 2. The first kappa shape index (κ1) is 21.9. The van der Waals surface area contributed by atoms with E-state index in [0.29, 0.717) is 6.42 Å². The minimum Gasteiger partial charge on any atom is -0.295 e. The van der Waals surface area contributed by atoms with Crippen LogP contribution >= 0.6 is 0 Å². The van der Waals surface area contributed by atoms with Crippen LogP contribution in [0.1, 0.15) is 70.6 Å². The van der Waals surface area contributed by atoms with Crippen molar-refractivity contribution in [3.05, 3.63) is 46.5 Å². The lowest BCUT2D eigenvalue weighted by Crippen LogP contribution is -1.95. The molecule has 21 heavy (non-hydrogen) atoms. The first-order valence-electron chi connectivity index (χ1n) is 8.16. The van der Waals surface area contributed by atoms with Gasteiger partial charge < -0.3 is 0 Å². The van der Waals surface area contributed by atoms with Gasteiger partial charge in [0.15, 0.2) is 5.78 Å². The van der Waals surface area contributed by atoms with Crippen molar-refractivity contribution in [3.63, 3.8) is 0 Å². The van der Waals surface area contributed by atoms with Crippen molar-refractivity contribution in [3.8, 4) is 0 Å². The minimum atomic E-state index is 0.272. The van der Waals surface area contributed by atoms with Crippen molar-refractivity contribution < 1.29 is 4.79 Å². The van der Waals surface area contributed by atoms with E-state index in [1.54, 1.807) is 0 Å². The fourth-order valence-corrected chi connectivity index (χ4v) is 1.64. The summed E-state index contributed by atoms with van der Waals surface area (Å²) >= 11 is 0. The quantitative estimate of drug-likeness (QED) is 0.590. The Morgan fingerprint density at radius 2 is 1.62 bits per heavy atom. The van der Waals surface area contributed by atoms with Crippen LogP contribution in [0.5, 0.6) is 0 Å². The maximum absolute atomic E-state index is 10.9. The smallest absolute Gasteiger partial charge is 0.157 e. The monoisotopic (exact) mass is 290 g/mol. The summed E-state index contributed by atoms with van der Waals surface area (Å²) in [6, 6.07) is 6.50. The fourth-order valence-electron chi connectivity index (χ4n) is 1.64. The van der Waals surface area contributed by atoms with Crippen LogP contribution in [0.25, 0.3) is 0 Å². The molecule has 0 bridgehead atoms. The Morgan fingerprint density at radius 1 is 1.05 bits per heavy atom. The molecule has 1 aromatic rings. The number of carbonyl (C=O) groups excluding carboxylic acids is 1. The lowest BCUT2D eigenvalue weighted by molar-refractivity contribution is -0.115. The van der Waals surface area contributed by atoms with E-state index in [0.717, 1.165) is 18.4 Å². The maximum atomic E-state index is 10.9. The van der Waals surface area contributed by atoms with Gasteiger partial charge in [-0.2, -0.15) is 0 Å². The van der Waals surface area contributed by atoms with Crippen molar-refractivity contribution in [2.45, 2.75) is 74.7 Å². The normalized spacial score (nSPS) is 10.0. The maximum Gasteiger partial charge on any atom is 0.157 e. The van der Waals surface area contributed by atoms with Gasteiger partial charge in [0.05, 0.1) is 0 Å². The van der Waals surface area contributed by atoms with Gasteiger partial charge in [-0.25, -0.2) is 0 Å². The first-order chi connectivity index (χ1) is 9.92. The Bertz CT molecular complexity index is 427. The molecule has 0 aliphatic heterocycles. The van der Waals surface area contributed by atoms with E-state index >= 15 is 0 Å². The molecular weight excluding hydrogens is 256 g/mol. The highest BCUT2D eigenvalue weighted by Gasteiger charge is 1.97. The largest absolute Gasteiger partial charge is 0.295 e. The summed E-state index contributed by atoms with van der Waals surface area (Å²) in [6.07, 6.45) is 4.80. The third-order valence-corrected chi connectivity index (χ3v) is 3.16. The van der Waals surface area contributed by atoms with Crippen LogP contribution in [0.15, 0.2) is 29.8 Å². The molecule has 0 aliphatic carbocycles. The lowest BCUT2D eigenvalue weighted by atomic mass is 10.1. The van der Waals surface area contributed by atoms with Gasteiger partial charge >= 0.3 is 0 Å². The number of benzene rings is 1. The van der Waals surface area contributed by atoms with Crippen molar-refractivity contribution in [1.29, 1.82) is 0 Å². The zero-order chi connectivity index (χ0) is 16.8. The van der Waals surface area contributed by atoms with Crippen LogP contribution in [0.3, 0.4) is 0 Å². The molecule has 0 N–H and O–H groups in total. The summed E-state index contributed by atoms with van der Waals surface area (Å²) in [5.74, 6) is 0.272. The van der Waals surface area contributed by atoms with Gasteiger partial charge in [-0.3, -0.25) is 4.79 Å². The zero-order valence-electron chi connectivity index (χ0n) is 15.3. The lowest BCUT2D eigenvalue weighted by Gasteiger charge is -1.98. The summed E-state index contributed by atoms with van der Waals surface area (Å²) in [7, 11) is 0. The van der Waals surface area contributed by atoms with Gasteiger partial charge in [0.1, 0.15) is 0 Å². The summed E-state index contributed by atoms with van der Waals surface area (Å²) in [4.78, 5) is 10.9. The molecule has 1 nitrogen and oxygen atoms in total. The second kappa shape index (κ2) is 13.6. The Kier molecular flexibility index (Phi) is 14.2. The van der Waals surface area contributed by atoms with Crippen LogP contribution in [0.2, 0.25) is 0 Å². The Labute approximate surface area is 132 Å². The minimum absolute atomic E-state index is 0.272. The molecule has 120 valence electrons. The number of rotatable bonds is 4. The molecule has 0 spiro atoms. The van der Waals surface area contributed by atoms with E-state index in [1.807, 2.05) is 33.8 Å². The number of carbonyl (C=O) groups is 1. The van der Waals surface area contributed by atoms with E-state index < -0.39 is 0 Å². The van der Waals surface area contributed by atoms with Gasteiger partial charge in [-0.15, -0.1) is 0 Å². The molecule has 0 radical (unpaired) electrons. The van der Waals surface area contributed by atoms with Crippen molar-refractivity contribution in [1.82, 2.24) is 0 Å². The van der Waals surface area contributed by atoms with Gasteiger partial charge in [0, 0.05) is 6.42 Å². The third-order valence-electron chi connectivity index (χ3n) is 3.16. The predicted molar refractivity (Wildman–Crippen MR) is 96.0 cm³/mol. The van der Waals surface area contributed by atoms with Crippen molar-refractivity contribution >= 4 is 5.78 Å². The number of hydrogen-bond acceptors (Lipinski definition) is 1. The second-order valence-corrected chi connectivity index (χ2v) is 5.04. The molecule has 1 aromatic carbocycles. The molecule has 0 aromatic heterocycles. The number of unbranched alkanes of at least 4 members (excludes halogenated alkanes) is 1. The van der Waals surface area contributed by atoms with Crippen LogP contribution in [-0.4, -0.2) is 5.78 Å². The topological polar surface area (TPSA) is 17.1 Å². The van der Waals surface area contributed by atoms with Crippen molar-refractivity contribution in [2.75, 3.05) is 0 Å². The molecule has 0 unspecified atom stereocenters. The number of Topliss-reactive ketones (excluding diaryl/α,β-unsaturated/α-hetero) is 1. The highest BCUT2D eigenvalue weighted by atomic mass is 16.1. The van der Waals surface area contributed by atoms with Crippen LogP contribution in [0, 0.1) is 20.8 Å². The van der Waals surface area contributed by atoms with Crippen LogP contribution < -0.4 is 0 Å². The van der Waals surface area contributed by atoms with Gasteiger partial charge in [0.2, 0.25) is 0 Å². The highest BCUT2D eigenvalue weighted by molar-refractivity contribution is 5.94. The van der Waals surface area contributed by atoms with Crippen LogP contribution in [0.4, 0.5) is 0 Å². The second-order valence-electron chi connectivity index (χ2n) is 5.04. The molecule has 0 amide bonds. The molecule has 0 saturated heterocycles. The molecule has 0 atom stereocenters.